The third kappa shape index (κ3) is 1.96. The van der Waals surface area contributed by atoms with Crippen LogP contribution in [0.3, 0.4) is 0 Å². The quantitative estimate of drug-likeness (QED) is 0.465. The zero-order valence-electron chi connectivity index (χ0n) is 8.34. The van der Waals surface area contributed by atoms with Gasteiger partial charge in [-0.2, -0.15) is 9.90 Å². The van der Waals surface area contributed by atoms with Crippen LogP contribution in [0.5, 0.6) is 0 Å². The molecule has 2 aromatic rings. The van der Waals surface area contributed by atoms with Gasteiger partial charge in [0.15, 0.2) is 5.52 Å². The second kappa shape index (κ2) is 4.44. The van der Waals surface area contributed by atoms with E-state index in [1.54, 1.807) is 12.1 Å². The predicted molar refractivity (Wildman–Crippen MR) is 59.5 cm³/mol. The van der Waals surface area contributed by atoms with Gasteiger partial charge in [-0.3, -0.25) is 10.1 Å². The van der Waals surface area contributed by atoms with Crippen LogP contribution in [0.4, 0.5) is 5.69 Å². The first kappa shape index (κ1) is 10.8. The molecule has 0 saturated carbocycles. The number of non-ortho nitro benzene ring substituents is 1. The molecule has 0 N–H and O–H groups in total. The number of alkyl halides is 1. The van der Waals surface area contributed by atoms with Crippen molar-refractivity contribution in [2.45, 2.75) is 13.0 Å². The summed E-state index contributed by atoms with van der Waals surface area (Å²) in [5, 5.41) is 19.0. The molecule has 1 aromatic heterocycles. The van der Waals surface area contributed by atoms with E-state index in [0.29, 0.717) is 23.5 Å². The highest BCUT2D eigenvalue weighted by atomic mass is 35.5. The summed E-state index contributed by atoms with van der Waals surface area (Å²) >= 11 is 5.55. The maximum absolute atomic E-state index is 10.7. The Balaban J connectivity index is 2.44. The van der Waals surface area contributed by atoms with Crippen molar-refractivity contribution in [2.24, 2.45) is 0 Å². The minimum Gasteiger partial charge on any atom is -0.258 e. The van der Waals surface area contributed by atoms with Crippen LogP contribution >= 0.6 is 11.6 Å². The van der Waals surface area contributed by atoms with E-state index in [1.165, 1.54) is 10.9 Å². The Hall–Kier alpha value is -1.69. The van der Waals surface area contributed by atoms with Gasteiger partial charge in [-0.15, -0.1) is 16.7 Å². The molecule has 1 heterocycles. The topological polar surface area (TPSA) is 73.8 Å². The van der Waals surface area contributed by atoms with Gasteiger partial charge in [-0.05, 0) is 12.5 Å². The number of fused-ring (bicyclic) bond motifs is 1. The third-order valence-electron chi connectivity index (χ3n) is 2.12. The number of aryl methyl sites for hydroxylation is 1. The molecule has 84 valence electrons. The van der Waals surface area contributed by atoms with Crippen molar-refractivity contribution in [2.75, 3.05) is 5.88 Å². The maximum atomic E-state index is 10.7. The Bertz CT molecular complexity index is 525. The summed E-state index contributed by atoms with van der Waals surface area (Å²) in [6, 6.07) is 4.72. The summed E-state index contributed by atoms with van der Waals surface area (Å²) in [5.74, 6) is 0.514. The van der Waals surface area contributed by atoms with Crippen molar-refractivity contribution in [1.29, 1.82) is 0 Å². The summed E-state index contributed by atoms with van der Waals surface area (Å²) in [6.45, 7) is 0.565. The van der Waals surface area contributed by atoms with Gasteiger partial charge >= 0.3 is 0 Å². The standard InChI is InChI=1S/C9H9ClN4O2/c10-5-2-6-13-11-7-3-1-4-8(14(15)16)9(7)12-13/h1,3-4H,2,5-6H2. The number of benzene rings is 1. The van der Waals surface area contributed by atoms with Crippen molar-refractivity contribution in [3.63, 3.8) is 0 Å². The number of hydrogen-bond acceptors (Lipinski definition) is 4. The first-order valence-electron chi connectivity index (χ1n) is 4.76. The molecule has 0 radical (unpaired) electrons. The van der Waals surface area contributed by atoms with Gasteiger partial charge in [0.25, 0.3) is 5.69 Å². The molecule has 0 aliphatic carbocycles. The highest BCUT2D eigenvalue weighted by Gasteiger charge is 2.15. The molecule has 0 fully saturated rings. The van der Waals surface area contributed by atoms with E-state index in [4.69, 9.17) is 11.6 Å². The van der Waals surface area contributed by atoms with Crippen LogP contribution in [0.1, 0.15) is 6.42 Å². The number of aromatic nitrogens is 3. The van der Waals surface area contributed by atoms with Crippen LogP contribution in [0.2, 0.25) is 0 Å². The van der Waals surface area contributed by atoms with E-state index in [9.17, 15) is 10.1 Å². The van der Waals surface area contributed by atoms with Crippen LogP contribution in [-0.4, -0.2) is 25.8 Å². The molecule has 0 amide bonds. The van der Waals surface area contributed by atoms with Gasteiger partial charge in [0.2, 0.25) is 0 Å². The van der Waals surface area contributed by atoms with Crippen molar-refractivity contribution >= 4 is 28.3 Å². The smallest absolute Gasteiger partial charge is 0.258 e. The van der Waals surface area contributed by atoms with Gasteiger partial charge in [0.1, 0.15) is 5.52 Å². The third-order valence-corrected chi connectivity index (χ3v) is 2.39. The Morgan fingerprint density at radius 3 is 2.94 bits per heavy atom. The van der Waals surface area contributed by atoms with Crippen LogP contribution < -0.4 is 0 Å². The van der Waals surface area contributed by atoms with Crippen LogP contribution in [-0.2, 0) is 6.54 Å². The molecule has 2 rings (SSSR count). The van der Waals surface area contributed by atoms with Crippen molar-refractivity contribution in [3.8, 4) is 0 Å². The molecule has 16 heavy (non-hydrogen) atoms. The van der Waals surface area contributed by atoms with Crippen molar-refractivity contribution in [1.82, 2.24) is 15.0 Å². The van der Waals surface area contributed by atoms with E-state index in [2.05, 4.69) is 10.2 Å². The fourth-order valence-electron chi connectivity index (χ4n) is 1.41. The highest BCUT2D eigenvalue weighted by Crippen LogP contribution is 2.21. The molecule has 7 heteroatoms. The SMILES string of the molecule is O=[N+]([O-])c1cccc2nn(CCCCl)nc12. The summed E-state index contributed by atoms with van der Waals surface area (Å²) in [7, 11) is 0. The zero-order valence-corrected chi connectivity index (χ0v) is 9.09. The van der Waals surface area contributed by atoms with Crippen LogP contribution in [0, 0.1) is 10.1 Å². The monoisotopic (exact) mass is 240 g/mol. The first-order chi connectivity index (χ1) is 7.72. The number of nitro benzene ring substituents is 1. The highest BCUT2D eigenvalue weighted by molar-refractivity contribution is 6.17. The fraction of sp³-hybridized carbons (Fsp3) is 0.333. The average Bonchev–Trinajstić information content (AvgIpc) is 2.68. The minimum absolute atomic E-state index is 0.0189. The largest absolute Gasteiger partial charge is 0.299 e. The van der Waals surface area contributed by atoms with E-state index in [1.807, 2.05) is 0 Å². The fourth-order valence-corrected chi connectivity index (χ4v) is 1.53. The van der Waals surface area contributed by atoms with Gasteiger partial charge < -0.3 is 0 Å². The van der Waals surface area contributed by atoms with E-state index in [-0.39, 0.29) is 5.69 Å². The van der Waals surface area contributed by atoms with Crippen molar-refractivity contribution in [3.05, 3.63) is 28.3 Å². The average molecular weight is 241 g/mol. The Morgan fingerprint density at radius 2 is 2.25 bits per heavy atom. The minimum atomic E-state index is -0.455. The number of rotatable bonds is 4. The Labute approximate surface area is 96.0 Å². The Morgan fingerprint density at radius 1 is 1.44 bits per heavy atom. The molecular weight excluding hydrogens is 232 g/mol. The molecular formula is C9H9ClN4O2. The molecule has 0 saturated heterocycles. The zero-order chi connectivity index (χ0) is 11.5. The lowest BCUT2D eigenvalue weighted by molar-refractivity contribution is -0.383. The number of halogens is 1. The summed E-state index contributed by atoms with van der Waals surface area (Å²) in [5.41, 5.74) is 0.834. The molecule has 6 nitrogen and oxygen atoms in total. The molecule has 0 unspecified atom stereocenters. The van der Waals surface area contributed by atoms with Crippen LogP contribution in [0.25, 0.3) is 11.0 Å². The first-order valence-corrected chi connectivity index (χ1v) is 5.30. The molecule has 0 bridgehead atoms. The lowest BCUT2D eigenvalue weighted by atomic mass is 10.3. The summed E-state index contributed by atoms with van der Waals surface area (Å²) in [4.78, 5) is 11.7. The molecule has 1 aromatic carbocycles. The van der Waals surface area contributed by atoms with Gasteiger partial charge in [-0.1, -0.05) is 6.07 Å². The lowest BCUT2D eigenvalue weighted by Crippen LogP contribution is -2.02. The number of nitro groups is 1. The second-order valence-electron chi connectivity index (χ2n) is 3.24. The molecule has 0 aliphatic rings. The Kier molecular flexibility index (Phi) is 3.00. The van der Waals surface area contributed by atoms with E-state index >= 15 is 0 Å². The molecule has 0 spiro atoms. The van der Waals surface area contributed by atoms with Gasteiger partial charge in [-0.25, -0.2) is 0 Å². The van der Waals surface area contributed by atoms with Crippen LogP contribution in [0.15, 0.2) is 18.2 Å². The summed E-state index contributed by atoms with van der Waals surface area (Å²) < 4.78 is 0. The predicted octanol–water partition coefficient (Wildman–Crippen LogP) is 1.97. The van der Waals surface area contributed by atoms with E-state index in [0.717, 1.165) is 6.42 Å². The van der Waals surface area contributed by atoms with Crippen molar-refractivity contribution < 1.29 is 4.92 Å². The molecule has 0 aliphatic heterocycles. The summed E-state index contributed by atoms with van der Waals surface area (Å²) in [6.07, 6.45) is 0.732. The second-order valence-corrected chi connectivity index (χ2v) is 3.62. The molecule has 0 atom stereocenters. The van der Waals surface area contributed by atoms with Gasteiger partial charge in [0, 0.05) is 11.9 Å². The maximum Gasteiger partial charge on any atom is 0.299 e. The van der Waals surface area contributed by atoms with Gasteiger partial charge in [0.05, 0.1) is 11.5 Å². The number of hydrogen-bond donors (Lipinski definition) is 0. The normalized spacial score (nSPS) is 10.8. The van der Waals surface area contributed by atoms with E-state index < -0.39 is 4.92 Å². The number of nitrogens with zero attached hydrogens (tertiary/aromatic N) is 4. The lowest BCUT2D eigenvalue weighted by Gasteiger charge is -1.93.